The van der Waals surface area contributed by atoms with Crippen molar-refractivity contribution in [2.24, 2.45) is 5.92 Å². The molecule has 0 unspecified atom stereocenters. The van der Waals surface area contributed by atoms with Crippen molar-refractivity contribution < 1.29 is 9.18 Å². The number of piperidine rings is 1. The van der Waals surface area contributed by atoms with Gasteiger partial charge in [-0.3, -0.25) is 4.79 Å². The van der Waals surface area contributed by atoms with Crippen molar-refractivity contribution in [2.45, 2.75) is 18.4 Å². The molecule has 1 aliphatic heterocycles. The molecule has 3 rings (SSSR count). The van der Waals surface area contributed by atoms with Gasteiger partial charge in [-0.25, -0.2) is 9.37 Å². The van der Waals surface area contributed by atoms with Gasteiger partial charge in [0, 0.05) is 0 Å². The summed E-state index contributed by atoms with van der Waals surface area (Å²) in [5.74, 6) is 0.418. The van der Waals surface area contributed by atoms with Crippen LogP contribution in [0.1, 0.15) is 12.8 Å². The van der Waals surface area contributed by atoms with Gasteiger partial charge < -0.3 is 10.6 Å². The Kier molecular flexibility index (Phi) is 1.97. The average molecular weight is 221 g/mol. The van der Waals surface area contributed by atoms with Crippen LogP contribution < -0.4 is 10.6 Å². The van der Waals surface area contributed by atoms with Crippen molar-refractivity contribution in [3.05, 3.63) is 24.1 Å². The largest absolute Gasteiger partial charge is 0.309 e. The van der Waals surface area contributed by atoms with Gasteiger partial charge in [0.05, 0.1) is 6.20 Å². The van der Waals surface area contributed by atoms with Gasteiger partial charge in [-0.15, -0.1) is 0 Å². The molecular formula is C11H12FN3O. The second-order valence-electron chi connectivity index (χ2n) is 4.40. The van der Waals surface area contributed by atoms with Crippen LogP contribution in [0.4, 0.5) is 10.2 Å². The Bertz CT molecular complexity index is 433. The number of aromatic nitrogens is 1. The first-order valence-electron chi connectivity index (χ1n) is 5.39. The molecule has 4 nitrogen and oxygen atoms in total. The van der Waals surface area contributed by atoms with Crippen molar-refractivity contribution in [3.8, 4) is 0 Å². The highest BCUT2D eigenvalue weighted by molar-refractivity contribution is 6.00. The molecule has 2 atom stereocenters. The molecule has 5 heteroatoms. The van der Waals surface area contributed by atoms with E-state index < -0.39 is 5.82 Å². The molecule has 1 aromatic rings. The second kappa shape index (κ2) is 3.25. The van der Waals surface area contributed by atoms with Crippen LogP contribution in [-0.4, -0.2) is 23.0 Å². The minimum Gasteiger partial charge on any atom is -0.309 e. The molecule has 1 amide bonds. The van der Waals surface area contributed by atoms with Crippen molar-refractivity contribution in [1.29, 1.82) is 0 Å². The number of amides is 1. The smallest absolute Gasteiger partial charge is 0.246 e. The highest BCUT2D eigenvalue weighted by Crippen LogP contribution is 2.50. The molecule has 0 radical (unpaired) electrons. The van der Waals surface area contributed by atoms with Gasteiger partial charge in [-0.2, -0.15) is 0 Å². The van der Waals surface area contributed by atoms with Crippen LogP contribution in [0, 0.1) is 11.7 Å². The van der Waals surface area contributed by atoms with E-state index in [-0.39, 0.29) is 11.4 Å². The van der Waals surface area contributed by atoms with Crippen molar-refractivity contribution in [2.75, 3.05) is 11.9 Å². The maximum atomic E-state index is 12.6. The lowest BCUT2D eigenvalue weighted by Gasteiger charge is -2.12. The third-order valence-corrected chi connectivity index (χ3v) is 3.41. The molecule has 2 N–H and O–H groups in total. The normalized spacial score (nSPS) is 30.9. The van der Waals surface area contributed by atoms with Gasteiger partial charge in [0.15, 0.2) is 0 Å². The SMILES string of the molecule is O=C(Nc1ccc(F)cn1)[C@]12C[C@H]1CCN2. The number of rotatable bonds is 2. The van der Waals surface area contributed by atoms with Gasteiger partial charge >= 0.3 is 0 Å². The Morgan fingerprint density at radius 2 is 2.50 bits per heavy atom. The molecule has 0 aromatic carbocycles. The molecule has 16 heavy (non-hydrogen) atoms. The number of carbonyl (C=O) groups is 1. The highest BCUT2D eigenvalue weighted by atomic mass is 19.1. The van der Waals surface area contributed by atoms with Gasteiger partial charge in [-0.05, 0) is 37.4 Å². The Morgan fingerprint density at radius 1 is 1.62 bits per heavy atom. The highest BCUT2D eigenvalue weighted by Gasteiger charge is 2.62. The molecule has 1 aliphatic carbocycles. The van der Waals surface area contributed by atoms with Crippen LogP contribution in [0.25, 0.3) is 0 Å². The van der Waals surface area contributed by atoms with Crippen LogP contribution in [0.5, 0.6) is 0 Å². The fraction of sp³-hybridized carbons (Fsp3) is 0.455. The summed E-state index contributed by atoms with van der Waals surface area (Å²) in [7, 11) is 0. The van der Waals surface area contributed by atoms with Gasteiger partial charge in [0.25, 0.3) is 0 Å². The van der Waals surface area contributed by atoms with E-state index in [4.69, 9.17) is 0 Å². The van der Waals surface area contributed by atoms with Crippen molar-refractivity contribution in [3.63, 3.8) is 0 Å². The summed E-state index contributed by atoms with van der Waals surface area (Å²) >= 11 is 0. The predicted molar refractivity (Wildman–Crippen MR) is 56.3 cm³/mol. The number of pyridine rings is 1. The van der Waals surface area contributed by atoms with E-state index >= 15 is 0 Å². The maximum absolute atomic E-state index is 12.6. The Morgan fingerprint density at radius 3 is 3.06 bits per heavy atom. The third kappa shape index (κ3) is 1.39. The predicted octanol–water partition coefficient (Wildman–Crippen LogP) is 0.911. The maximum Gasteiger partial charge on any atom is 0.246 e. The lowest BCUT2D eigenvalue weighted by molar-refractivity contribution is -0.119. The monoisotopic (exact) mass is 221 g/mol. The van der Waals surface area contributed by atoms with Crippen molar-refractivity contribution in [1.82, 2.24) is 10.3 Å². The number of hydrogen-bond acceptors (Lipinski definition) is 3. The summed E-state index contributed by atoms with van der Waals surface area (Å²) in [4.78, 5) is 15.8. The van der Waals surface area contributed by atoms with Crippen LogP contribution in [0.2, 0.25) is 0 Å². The Labute approximate surface area is 92.3 Å². The van der Waals surface area contributed by atoms with Crippen LogP contribution in [-0.2, 0) is 4.79 Å². The quantitative estimate of drug-likeness (QED) is 0.780. The van der Waals surface area contributed by atoms with E-state index in [0.29, 0.717) is 11.7 Å². The van der Waals surface area contributed by atoms with E-state index in [9.17, 15) is 9.18 Å². The standard InChI is InChI=1S/C11H12FN3O/c12-8-1-2-9(13-6-8)15-10(16)11-5-7(11)3-4-14-11/h1-2,6-7,14H,3-5H2,(H,13,15,16)/t7-,11+/m1/s1. The van der Waals surface area contributed by atoms with E-state index in [1.54, 1.807) is 0 Å². The minimum absolute atomic E-state index is 0.0471. The molecule has 1 aromatic heterocycles. The molecule has 2 heterocycles. The third-order valence-electron chi connectivity index (χ3n) is 3.41. The van der Waals surface area contributed by atoms with Crippen molar-refractivity contribution >= 4 is 11.7 Å². The molecule has 1 saturated heterocycles. The summed E-state index contributed by atoms with van der Waals surface area (Å²) in [6.07, 6.45) is 3.06. The van der Waals surface area contributed by atoms with Crippen LogP contribution >= 0.6 is 0 Å². The Hall–Kier alpha value is -1.49. The second-order valence-corrected chi connectivity index (χ2v) is 4.40. The zero-order valence-electron chi connectivity index (χ0n) is 8.66. The number of nitrogens with one attached hydrogen (secondary N) is 2. The number of hydrogen-bond donors (Lipinski definition) is 2. The summed E-state index contributed by atoms with van der Waals surface area (Å²) in [5, 5.41) is 5.94. The molecular weight excluding hydrogens is 209 g/mol. The van der Waals surface area contributed by atoms with E-state index in [1.165, 1.54) is 12.1 Å². The van der Waals surface area contributed by atoms with Gasteiger partial charge in [-0.1, -0.05) is 0 Å². The van der Waals surface area contributed by atoms with E-state index in [2.05, 4.69) is 15.6 Å². The summed E-state index contributed by atoms with van der Waals surface area (Å²) in [6, 6.07) is 2.75. The zero-order chi connectivity index (χ0) is 11.2. The average Bonchev–Trinajstić information content (AvgIpc) is 2.85. The number of halogens is 1. The number of fused-ring (bicyclic) bond motifs is 1. The molecule has 2 fully saturated rings. The molecule has 2 aliphatic rings. The number of carbonyl (C=O) groups excluding carboxylic acids is 1. The van der Waals surface area contributed by atoms with Gasteiger partial charge in [0.1, 0.15) is 17.2 Å². The lowest BCUT2D eigenvalue weighted by atomic mass is 10.2. The van der Waals surface area contributed by atoms with Gasteiger partial charge in [0.2, 0.25) is 5.91 Å². The van der Waals surface area contributed by atoms with E-state index in [1.807, 2.05) is 0 Å². The first-order valence-corrected chi connectivity index (χ1v) is 5.39. The minimum atomic E-state index is -0.403. The zero-order valence-corrected chi connectivity index (χ0v) is 8.66. The van der Waals surface area contributed by atoms with Crippen LogP contribution in [0.15, 0.2) is 18.3 Å². The molecule has 0 spiro atoms. The van der Waals surface area contributed by atoms with Crippen LogP contribution in [0.3, 0.4) is 0 Å². The summed E-state index contributed by atoms with van der Waals surface area (Å²) < 4.78 is 12.6. The molecule has 84 valence electrons. The summed E-state index contributed by atoms with van der Waals surface area (Å²) in [6.45, 7) is 0.898. The Balaban J connectivity index is 1.71. The fourth-order valence-corrected chi connectivity index (χ4v) is 2.40. The number of nitrogens with zero attached hydrogens (tertiary/aromatic N) is 1. The first-order chi connectivity index (χ1) is 7.71. The topological polar surface area (TPSA) is 54.0 Å². The summed E-state index contributed by atoms with van der Waals surface area (Å²) in [5.41, 5.74) is -0.365. The first kappa shape index (κ1) is 9.72. The molecule has 0 bridgehead atoms. The fourth-order valence-electron chi connectivity index (χ4n) is 2.40. The van der Waals surface area contributed by atoms with E-state index in [0.717, 1.165) is 25.6 Å². The number of anilines is 1. The lowest BCUT2D eigenvalue weighted by Crippen LogP contribution is -2.41. The molecule has 1 saturated carbocycles.